The summed E-state index contributed by atoms with van der Waals surface area (Å²) in [6.07, 6.45) is 4.07. The van der Waals surface area contributed by atoms with Crippen LogP contribution in [0.15, 0.2) is 12.2 Å². The molecule has 1 N–H and O–H groups in total. The van der Waals surface area contributed by atoms with Crippen LogP contribution in [0.3, 0.4) is 0 Å². The highest BCUT2D eigenvalue weighted by molar-refractivity contribution is 6.74. The molecule has 1 fully saturated rings. The molecule has 0 aromatic carbocycles. The number of aliphatic carboxylic acids is 1. The average Bonchev–Trinajstić information content (AvgIpc) is 2.60. The van der Waals surface area contributed by atoms with Gasteiger partial charge in [0.2, 0.25) is 0 Å². The van der Waals surface area contributed by atoms with Crippen LogP contribution in [0.5, 0.6) is 0 Å². The first kappa shape index (κ1) is 30.5. The van der Waals surface area contributed by atoms with Crippen LogP contribution < -0.4 is 0 Å². The summed E-state index contributed by atoms with van der Waals surface area (Å²) in [7, 11) is -4.02. The third-order valence-corrected chi connectivity index (χ3v) is 16.5. The molecule has 1 aliphatic heterocycles. The summed E-state index contributed by atoms with van der Waals surface area (Å²) in [4.78, 5) is 10.7. The molecule has 6 nitrogen and oxygen atoms in total. The monoisotopic (exact) mass is 502 g/mol. The number of hydrogen-bond donors (Lipinski definition) is 1. The van der Waals surface area contributed by atoms with Gasteiger partial charge in [0.1, 0.15) is 0 Å². The molecule has 0 saturated carbocycles. The number of ether oxygens (including phenoxy) is 2. The maximum atomic E-state index is 10.7. The van der Waals surface area contributed by atoms with Crippen molar-refractivity contribution in [3.05, 3.63) is 12.2 Å². The molecule has 0 radical (unpaired) electrons. The number of carbonyl (C=O) groups is 1. The lowest BCUT2D eigenvalue weighted by Crippen LogP contribution is -2.57. The largest absolute Gasteiger partial charge is 0.478 e. The second kappa shape index (κ2) is 11.5. The van der Waals surface area contributed by atoms with Gasteiger partial charge in [0, 0.05) is 12.5 Å². The van der Waals surface area contributed by atoms with Gasteiger partial charge in [-0.2, -0.15) is 0 Å². The van der Waals surface area contributed by atoms with Crippen LogP contribution in [0.1, 0.15) is 74.7 Å². The van der Waals surface area contributed by atoms with Gasteiger partial charge in [-0.05, 0) is 63.0 Å². The van der Waals surface area contributed by atoms with Gasteiger partial charge in [-0.15, -0.1) is 0 Å². The predicted molar refractivity (Wildman–Crippen MR) is 140 cm³/mol. The van der Waals surface area contributed by atoms with Crippen molar-refractivity contribution in [2.45, 2.75) is 142 Å². The van der Waals surface area contributed by atoms with Crippen LogP contribution in [0.2, 0.25) is 36.3 Å². The van der Waals surface area contributed by atoms with E-state index in [1.165, 1.54) is 6.08 Å². The fourth-order valence-corrected chi connectivity index (χ4v) is 5.92. The van der Waals surface area contributed by atoms with Crippen molar-refractivity contribution in [1.29, 1.82) is 0 Å². The van der Waals surface area contributed by atoms with Crippen molar-refractivity contribution in [1.82, 2.24) is 0 Å². The Bertz CT molecular complexity index is 663. The van der Waals surface area contributed by atoms with E-state index in [1.54, 1.807) is 6.08 Å². The van der Waals surface area contributed by atoms with Crippen molar-refractivity contribution in [2.75, 3.05) is 0 Å². The van der Waals surface area contributed by atoms with E-state index in [1.807, 2.05) is 6.92 Å². The van der Waals surface area contributed by atoms with E-state index < -0.39 is 28.9 Å². The van der Waals surface area contributed by atoms with E-state index >= 15 is 0 Å². The Morgan fingerprint density at radius 2 is 1.52 bits per heavy atom. The van der Waals surface area contributed by atoms with Crippen molar-refractivity contribution in [3.63, 3.8) is 0 Å². The highest BCUT2D eigenvalue weighted by Crippen LogP contribution is 2.42. The highest BCUT2D eigenvalue weighted by Gasteiger charge is 2.48. The van der Waals surface area contributed by atoms with E-state index in [9.17, 15) is 4.79 Å². The normalized spacial score (nSPS) is 26.5. The van der Waals surface area contributed by atoms with Gasteiger partial charge >= 0.3 is 5.97 Å². The van der Waals surface area contributed by atoms with Gasteiger partial charge in [-0.25, -0.2) is 4.79 Å². The molecule has 4 unspecified atom stereocenters. The van der Waals surface area contributed by atoms with Gasteiger partial charge in [-0.1, -0.05) is 47.6 Å². The standard InChI is InChI=1S/C25H50O6Si2/c1-18(15-13-14-16-22(26)27)28-23-21(31-33(11,12)25(6,7)8)17-20(19(2)29-23)30-32(9,10)24(3,4)5/h14,16,18-21,23H,13,15,17H2,1-12H3,(H,26,27)/b16-14+/t18-,19?,20?,21?,23?/m1/s1. The number of rotatable bonds is 10. The van der Waals surface area contributed by atoms with Gasteiger partial charge in [0.25, 0.3) is 0 Å². The fraction of sp³-hybridized carbons (Fsp3) is 0.880. The zero-order valence-corrected chi connectivity index (χ0v) is 25.2. The molecule has 0 aromatic rings. The van der Waals surface area contributed by atoms with E-state index in [4.69, 9.17) is 23.4 Å². The summed E-state index contributed by atoms with van der Waals surface area (Å²) >= 11 is 0. The Balaban J connectivity index is 3.02. The zero-order chi connectivity index (χ0) is 25.8. The minimum atomic E-state index is -2.06. The van der Waals surface area contributed by atoms with E-state index in [0.29, 0.717) is 12.8 Å². The minimum absolute atomic E-state index is 0.0330. The Morgan fingerprint density at radius 1 is 1.03 bits per heavy atom. The molecule has 1 heterocycles. The lowest BCUT2D eigenvalue weighted by atomic mass is 10.0. The molecule has 8 heteroatoms. The summed E-state index contributed by atoms with van der Waals surface area (Å²) < 4.78 is 26.3. The fourth-order valence-electron chi connectivity index (χ4n) is 3.21. The molecule has 1 aliphatic rings. The van der Waals surface area contributed by atoms with Crippen molar-refractivity contribution >= 4 is 22.6 Å². The maximum absolute atomic E-state index is 10.7. The third-order valence-electron chi connectivity index (χ3n) is 7.51. The van der Waals surface area contributed by atoms with Gasteiger partial charge < -0.3 is 23.4 Å². The lowest BCUT2D eigenvalue weighted by molar-refractivity contribution is -0.268. The second-order valence-electron chi connectivity index (χ2n) is 12.5. The van der Waals surface area contributed by atoms with Crippen molar-refractivity contribution < 1.29 is 28.2 Å². The number of carboxylic acid groups (broad SMARTS) is 1. The van der Waals surface area contributed by atoms with Crippen LogP contribution in [0.25, 0.3) is 0 Å². The van der Waals surface area contributed by atoms with Gasteiger partial charge in [-0.3, -0.25) is 0 Å². The summed E-state index contributed by atoms with van der Waals surface area (Å²) in [5.41, 5.74) is 0. The number of hydrogen-bond acceptors (Lipinski definition) is 5. The molecular weight excluding hydrogens is 452 g/mol. The van der Waals surface area contributed by atoms with Crippen LogP contribution >= 0.6 is 0 Å². The molecule has 0 aromatic heterocycles. The molecule has 0 bridgehead atoms. The molecular formula is C25H50O6Si2. The Hall–Kier alpha value is -0.516. The topological polar surface area (TPSA) is 74.2 Å². The molecule has 1 rings (SSSR count). The first-order valence-corrected chi connectivity index (χ1v) is 18.1. The van der Waals surface area contributed by atoms with Gasteiger partial charge in [0.15, 0.2) is 22.9 Å². The molecule has 194 valence electrons. The summed E-state index contributed by atoms with van der Waals surface area (Å²) in [5.74, 6) is -0.927. The predicted octanol–water partition coefficient (Wildman–Crippen LogP) is 6.73. The third kappa shape index (κ3) is 9.22. The number of carboxylic acids is 1. The lowest BCUT2D eigenvalue weighted by Gasteiger charge is -2.48. The first-order chi connectivity index (χ1) is 14.8. The molecule has 1 saturated heterocycles. The summed E-state index contributed by atoms with van der Waals surface area (Å²) in [5, 5.41) is 8.97. The van der Waals surface area contributed by atoms with Gasteiger partial charge in [0.05, 0.1) is 24.4 Å². The van der Waals surface area contributed by atoms with E-state index in [-0.39, 0.29) is 34.5 Å². The molecule has 5 atom stereocenters. The molecule has 33 heavy (non-hydrogen) atoms. The SMILES string of the molecule is CC1OC(O[C@H](C)CC/C=C/C(=O)O)C(O[Si](C)(C)C(C)(C)C)CC1O[Si](C)(C)C(C)(C)C. The highest BCUT2D eigenvalue weighted by atomic mass is 28.4. The van der Waals surface area contributed by atoms with E-state index in [0.717, 1.165) is 6.42 Å². The van der Waals surface area contributed by atoms with Crippen LogP contribution in [0.4, 0.5) is 0 Å². The quantitative estimate of drug-likeness (QED) is 0.264. The smallest absolute Gasteiger partial charge is 0.327 e. The Kier molecular flexibility index (Phi) is 10.6. The maximum Gasteiger partial charge on any atom is 0.327 e. The molecule has 0 aliphatic carbocycles. The van der Waals surface area contributed by atoms with Crippen LogP contribution in [-0.4, -0.2) is 58.4 Å². The minimum Gasteiger partial charge on any atom is -0.478 e. The zero-order valence-electron chi connectivity index (χ0n) is 23.2. The summed E-state index contributed by atoms with van der Waals surface area (Å²) in [6, 6.07) is 0. The second-order valence-corrected chi connectivity index (χ2v) is 22.1. The van der Waals surface area contributed by atoms with E-state index in [2.05, 4.69) is 74.7 Å². The Labute approximate surface area is 204 Å². The van der Waals surface area contributed by atoms with Crippen molar-refractivity contribution in [3.8, 4) is 0 Å². The number of allylic oxidation sites excluding steroid dienone is 1. The van der Waals surface area contributed by atoms with Crippen LogP contribution in [-0.2, 0) is 23.1 Å². The average molecular weight is 503 g/mol. The van der Waals surface area contributed by atoms with Crippen molar-refractivity contribution in [2.24, 2.45) is 0 Å². The summed E-state index contributed by atoms with van der Waals surface area (Å²) in [6.45, 7) is 26.6. The first-order valence-electron chi connectivity index (χ1n) is 12.3. The molecule has 0 spiro atoms. The van der Waals surface area contributed by atoms with Crippen LogP contribution in [0, 0.1) is 0 Å². The molecule has 0 amide bonds. The Morgan fingerprint density at radius 3 is 1.97 bits per heavy atom.